The number of nitrogen functional groups attached to an aromatic ring is 2. The van der Waals surface area contributed by atoms with Gasteiger partial charge in [0.2, 0.25) is 0 Å². The first-order chi connectivity index (χ1) is 11.1. The molecule has 0 saturated carbocycles. The number of nitro groups is 4. The van der Waals surface area contributed by atoms with E-state index in [0.717, 1.165) is 0 Å². The Hall–Kier alpha value is -4.38. The van der Waals surface area contributed by atoms with Gasteiger partial charge in [0.1, 0.15) is 0 Å². The highest BCUT2D eigenvalue weighted by atomic mass is 16.7. The minimum Gasteiger partial charge on any atom is -0.358 e. The van der Waals surface area contributed by atoms with Crippen LogP contribution in [0.4, 0.5) is 23.3 Å². The SMILES string of the molecule is Nn1c(-c2nc([N+](=O)[O-])c([N+](=O)[O-])n2N)nc([N+](=O)[O-])c1[N+](=O)[O-]. The van der Waals surface area contributed by atoms with Crippen LogP contribution in [0.5, 0.6) is 0 Å². The Balaban J connectivity index is 2.83. The summed E-state index contributed by atoms with van der Waals surface area (Å²) in [6.45, 7) is 0. The van der Waals surface area contributed by atoms with Gasteiger partial charge in [-0.1, -0.05) is 9.35 Å². The molecule has 18 nitrogen and oxygen atoms in total. The first-order valence-electron chi connectivity index (χ1n) is 5.41. The van der Waals surface area contributed by atoms with Crippen molar-refractivity contribution in [2.45, 2.75) is 0 Å². The summed E-state index contributed by atoms with van der Waals surface area (Å²) in [5.41, 5.74) is 0. The molecule has 126 valence electrons. The average molecular weight is 344 g/mol. The maximum Gasteiger partial charge on any atom is 0.465 e. The Bertz CT molecular complexity index is 835. The number of rotatable bonds is 5. The zero-order valence-corrected chi connectivity index (χ0v) is 11.0. The Morgan fingerprint density at radius 2 is 0.958 bits per heavy atom. The third-order valence-corrected chi connectivity index (χ3v) is 2.63. The Morgan fingerprint density at radius 3 is 1.12 bits per heavy atom. The fourth-order valence-corrected chi connectivity index (χ4v) is 1.72. The molecule has 0 unspecified atom stereocenters. The summed E-state index contributed by atoms with van der Waals surface area (Å²) in [5.74, 6) is 3.77. The monoisotopic (exact) mass is 344 g/mol. The van der Waals surface area contributed by atoms with Gasteiger partial charge in [-0.15, -0.1) is 0 Å². The Kier molecular flexibility index (Phi) is 3.41. The zero-order chi connectivity index (χ0) is 18.3. The van der Waals surface area contributed by atoms with Crippen LogP contribution in [-0.4, -0.2) is 39.0 Å². The van der Waals surface area contributed by atoms with Crippen LogP contribution in [0.15, 0.2) is 0 Å². The van der Waals surface area contributed by atoms with Gasteiger partial charge in [0.15, 0.2) is 0 Å². The average Bonchev–Trinajstić information content (AvgIpc) is 2.96. The van der Waals surface area contributed by atoms with Gasteiger partial charge in [0, 0.05) is 9.97 Å². The molecular formula is C6H4N10O8. The van der Waals surface area contributed by atoms with Gasteiger partial charge in [0.05, 0.1) is 0 Å². The van der Waals surface area contributed by atoms with Gasteiger partial charge >= 0.3 is 34.9 Å². The van der Waals surface area contributed by atoms with E-state index in [1.165, 1.54) is 0 Å². The molecule has 0 aliphatic carbocycles. The summed E-state index contributed by atoms with van der Waals surface area (Å²) in [4.78, 5) is 44.8. The molecule has 0 bridgehead atoms. The summed E-state index contributed by atoms with van der Waals surface area (Å²) < 4.78 is 0.161. The maximum absolute atomic E-state index is 10.9. The summed E-state index contributed by atoms with van der Waals surface area (Å²) in [6, 6.07) is 0. The van der Waals surface area contributed by atoms with E-state index in [-0.39, 0.29) is 9.35 Å². The fraction of sp³-hybridized carbons (Fsp3) is 0. The van der Waals surface area contributed by atoms with E-state index < -0.39 is 54.6 Å². The number of aromatic nitrogens is 4. The topological polar surface area (TPSA) is 260 Å². The van der Waals surface area contributed by atoms with Crippen molar-refractivity contribution in [2.24, 2.45) is 0 Å². The van der Waals surface area contributed by atoms with Gasteiger partial charge in [-0.25, -0.2) is 0 Å². The molecule has 2 aromatic heterocycles. The predicted octanol–water partition coefficient (Wildman–Crippen LogP) is -1.19. The van der Waals surface area contributed by atoms with Crippen molar-refractivity contribution in [3.05, 3.63) is 40.5 Å². The van der Waals surface area contributed by atoms with Gasteiger partial charge in [-0.05, 0) is 19.7 Å². The van der Waals surface area contributed by atoms with Crippen LogP contribution in [-0.2, 0) is 0 Å². The third-order valence-electron chi connectivity index (χ3n) is 2.63. The lowest BCUT2D eigenvalue weighted by Crippen LogP contribution is -2.18. The van der Waals surface area contributed by atoms with E-state index in [4.69, 9.17) is 11.7 Å². The van der Waals surface area contributed by atoms with Crippen molar-refractivity contribution in [2.75, 3.05) is 11.7 Å². The van der Waals surface area contributed by atoms with Crippen LogP contribution >= 0.6 is 0 Å². The van der Waals surface area contributed by atoms with Crippen LogP contribution in [0.2, 0.25) is 0 Å². The van der Waals surface area contributed by atoms with Crippen LogP contribution in [0.25, 0.3) is 11.6 Å². The van der Waals surface area contributed by atoms with Crippen LogP contribution < -0.4 is 11.7 Å². The van der Waals surface area contributed by atoms with E-state index in [9.17, 15) is 40.5 Å². The first kappa shape index (κ1) is 16.0. The number of hydrogen-bond donors (Lipinski definition) is 2. The number of imidazole rings is 2. The van der Waals surface area contributed by atoms with Crippen molar-refractivity contribution in [3.8, 4) is 11.6 Å². The van der Waals surface area contributed by atoms with Gasteiger partial charge in [-0.3, -0.25) is 11.7 Å². The molecule has 2 rings (SSSR count). The van der Waals surface area contributed by atoms with E-state index in [1.54, 1.807) is 0 Å². The van der Waals surface area contributed by atoms with Crippen molar-refractivity contribution < 1.29 is 19.7 Å². The summed E-state index contributed by atoms with van der Waals surface area (Å²) in [6.07, 6.45) is 0. The highest BCUT2D eigenvalue weighted by Crippen LogP contribution is 2.34. The second-order valence-electron chi connectivity index (χ2n) is 3.93. The van der Waals surface area contributed by atoms with Crippen LogP contribution in [0.1, 0.15) is 0 Å². The maximum atomic E-state index is 10.9. The molecule has 18 heteroatoms. The van der Waals surface area contributed by atoms with Crippen molar-refractivity contribution in [1.29, 1.82) is 0 Å². The predicted molar refractivity (Wildman–Crippen MR) is 70.4 cm³/mol. The van der Waals surface area contributed by atoms with Crippen LogP contribution in [0.3, 0.4) is 0 Å². The van der Waals surface area contributed by atoms with Gasteiger partial charge in [-0.2, -0.15) is 0 Å². The third kappa shape index (κ3) is 2.15. The molecule has 2 aromatic rings. The minimum absolute atomic E-state index is 0.0806. The zero-order valence-electron chi connectivity index (χ0n) is 11.0. The lowest BCUT2D eigenvalue weighted by atomic mass is 10.6. The summed E-state index contributed by atoms with van der Waals surface area (Å²) >= 11 is 0. The second kappa shape index (κ2) is 5.11. The highest BCUT2D eigenvalue weighted by molar-refractivity contribution is 5.62. The van der Waals surface area contributed by atoms with Gasteiger partial charge in [0.25, 0.3) is 0 Å². The van der Waals surface area contributed by atoms with E-state index >= 15 is 0 Å². The molecule has 0 radical (unpaired) electrons. The molecule has 0 aliphatic rings. The van der Waals surface area contributed by atoms with Crippen molar-refractivity contribution >= 4 is 23.3 Å². The smallest absolute Gasteiger partial charge is 0.358 e. The quantitative estimate of drug-likeness (QED) is 0.368. The molecule has 0 spiro atoms. The van der Waals surface area contributed by atoms with E-state index in [0.29, 0.717) is 0 Å². The standard InChI is InChI=1S/C6H4N10O8/c7-11-1(9-3(13(17)18)5(11)15(21)22)2-10-4(14(19)20)6(12(2)8)16(23)24/h7-8H2. The fourth-order valence-electron chi connectivity index (χ4n) is 1.72. The number of hydrogen-bond acceptors (Lipinski definition) is 12. The molecule has 0 atom stereocenters. The lowest BCUT2D eigenvalue weighted by molar-refractivity contribution is -0.428. The first-order valence-corrected chi connectivity index (χ1v) is 5.41. The Labute approximate surface area is 127 Å². The molecule has 24 heavy (non-hydrogen) atoms. The molecule has 0 saturated heterocycles. The summed E-state index contributed by atoms with van der Waals surface area (Å²) in [7, 11) is 0. The highest BCUT2D eigenvalue weighted by Gasteiger charge is 2.48. The summed E-state index contributed by atoms with van der Waals surface area (Å²) in [5, 5.41) is 43.3. The van der Waals surface area contributed by atoms with E-state index in [2.05, 4.69) is 9.97 Å². The number of nitrogens with zero attached hydrogens (tertiary/aromatic N) is 8. The molecule has 0 fully saturated rings. The molecule has 4 N–H and O–H groups in total. The van der Waals surface area contributed by atoms with Crippen LogP contribution in [0, 0.1) is 40.5 Å². The largest absolute Gasteiger partial charge is 0.465 e. The normalized spacial score (nSPS) is 10.5. The molecule has 0 amide bonds. The van der Waals surface area contributed by atoms with Crippen molar-refractivity contribution in [1.82, 2.24) is 19.3 Å². The number of nitrogens with two attached hydrogens (primary N) is 2. The molecule has 2 heterocycles. The molecule has 0 aliphatic heterocycles. The molecule has 0 aromatic carbocycles. The van der Waals surface area contributed by atoms with Crippen molar-refractivity contribution in [3.63, 3.8) is 0 Å². The van der Waals surface area contributed by atoms with Gasteiger partial charge < -0.3 is 40.5 Å². The van der Waals surface area contributed by atoms with E-state index in [1.807, 2.05) is 0 Å². The second-order valence-corrected chi connectivity index (χ2v) is 3.93. The molecular weight excluding hydrogens is 340 g/mol. The Morgan fingerprint density at radius 1 is 0.667 bits per heavy atom. The lowest BCUT2D eigenvalue weighted by Gasteiger charge is -1.93. The minimum atomic E-state index is -1.30.